The zero-order chi connectivity index (χ0) is 16.2. The highest BCUT2D eigenvalue weighted by atomic mass is 35.5. The molecule has 0 aliphatic carbocycles. The zero-order valence-electron chi connectivity index (χ0n) is 13.9. The summed E-state index contributed by atoms with van der Waals surface area (Å²) in [7, 11) is 0. The van der Waals surface area contributed by atoms with E-state index in [0.717, 1.165) is 51.5 Å². The van der Waals surface area contributed by atoms with Crippen molar-refractivity contribution in [2.75, 3.05) is 44.2 Å². The second-order valence-corrected chi connectivity index (χ2v) is 7.07. The van der Waals surface area contributed by atoms with Gasteiger partial charge in [-0.05, 0) is 37.9 Å². The lowest BCUT2D eigenvalue weighted by Crippen LogP contribution is -2.49. The largest absolute Gasteiger partial charge is 0.352 e. The van der Waals surface area contributed by atoms with E-state index in [1.165, 1.54) is 6.42 Å². The number of nitrogens with zero attached hydrogens (tertiary/aromatic N) is 3. The van der Waals surface area contributed by atoms with Crippen LogP contribution in [0.25, 0.3) is 0 Å². The van der Waals surface area contributed by atoms with Crippen molar-refractivity contribution in [1.82, 2.24) is 15.2 Å². The summed E-state index contributed by atoms with van der Waals surface area (Å²) in [6, 6.07) is 1.71. The first kappa shape index (κ1) is 22.6. The van der Waals surface area contributed by atoms with Crippen LogP contribution in [0.1, 0.15) is 19.3 Å². The molecule has 0 spiro atoms. The highest BCUT2D eigenvalue weighted by Gasteiger charge is 2.24. The van der Waals surface area contributed by atoms with Gasteiger partial charge in [0, 0.05) is 38.8 Å². The number of amides is 1. The number of piperazine rings is 1. The van der Waals surface area contributed by atoms with Gasteiger partial charge in [-0.1, -0.05) is 23.2 Å². The summed E-state index contributed by atoms with van der Waals surface area (Å²) >= 11 is 12.1. The Hall–Kier alpha value is -0.460. The molecule has 2 saturated heterocycles. The molecule has 0 saturated carbocycles. The SMILES string of the molecule is Cl.Cl.O=C(CCC1CCNC1)N1CCN(c2ncc(Cl)cc2Cl)CC1. The quantitative estimate of drug-likeness (QED) is 0.797. The minimum atomic E-state index is 0. The average Bonchev–Trinajstić information content (AvgIpc) is 3.06. The van der Waals surface area contributed by atoms with E-state index in [4.69, 9.17) is 23.2 Å². The van der Waals surface area contributed by atoms with E-state index in [0.29, 0.717) is 22.4 Å². The number of aromatic nitrogens is 1. The van der Waals surface area contributed by atoms with Crippen molar-refractivity contribution in [3.63, 3.8) is 0 Å². The molecule has 3 rings (SSSR count). The number of rotatable bonds is 4. The lowest BCUT2D eigenvalue weighted by Gasteiger charge is -2.36. The van der Waals surface area contributed by atoms with Gasteiger partial charge in [0.05, 0.1) is 10.0 Å². The first-order valence-corrected chi connectivity index (χ1v) is 8.93. The molecule has 1 aromatic rings. The van der Waals surface area contributed by atoms with Crippen molar-refractivity contribution in [1.29, 1.82) is 0 Å². The third kappa shape index (κ3) is 6.04. The molecular weight excluding hydrogens is 406 g/mol. The predicted molar refractivity (Wildman–Crippen MR) is 108 cm³/mol. The van der Waals surface area contributed by atoms with Gasteiger partial charge < -0.3 is 15.1 Å². The van der Waals surface area contributed by atoms with Crippen LogP contribution in [0.4, 0.5) is 5.82 Å². The Bertz CT molecular complexity index is 561. The molecule has 25 heavy (non-hydrogen) atoms. The Morgan fingerprint density at radius 1 is 1.24 bits per heavy atom. The van der Waals surface area contributed by atoms with Crippen LogP contribution < -0.4 is 10.2 Å². The number of hydrogen-bond acceptors (Lipinski definition) is 4. The van der Waals surface area contributed by atoms with Crippen LogP contribution in [0.5, 0.6) is 0 Å². The summed E-state index contributed by atoms with van der Waals surface area (Å²) in [4.78, 5) is 20.7. The minimum absolute atomic E-state index is 0. The Morgan fingerprint density at radius 2 is 1.96 bits per heavy atom. The summed E-state index contributed by atoms with van der Waals surface area (Å²) in [5.74, 6) is 1.68. The van der Waals surface area contributed by atoms with E-state index in [1.54, 1.807) is 12.3 Å². The Kier molecular flexibility index (Phi) is 9.60. The Balaban J connectivity index is 0.00000156. The maximum Gasteiger partial charge on any atom is 0.222 e. The van der Waals surface area contributed by atoms with Gasteiger partial charge in [-0.2, -0.15) is 0 Å². The van der Waals surface area contributed by atoms with Crippen molar-refractivity contribution in [2.45, 2.75) is 19.3 Å². The molecule has 1 N–H and O–H groups in total. The molecule has 0 bridgehead atoms. The van der Waals surface area contributed by atoms with Crippen LogP contribution in [-0.4, -0.2) is 55.1 Å². The first-order valence-electron chi connectivity index (χ1n) is 8.18. The molecule has 2 aliphatic heterocycles. The molecule has 0 radical (unpaired) electrons. The van der Waals surface area contributed by atoms with Gasteiger partial charge in [0.1, 0.15) is 5.82 Å². The Labute approximate surface area is 171 Å². The van der Waals surface area contributed by atoms with Gasteiger partial charge >= 0.3 is 0 Å². The van der Waals surface area contributed by atoms with Gasteiger partial charge in [0.2, 0.25) is 5.91 Å². The molecule has 1 unspecified atom stereocenters. The van der Waals surface area contributed by atoms with E-state index >= 15 is 0 Å². The number of nitrogens with one attached hydrogen (secondary N) is 1. The second-order valence-electron chi connectivity index (χ2n) is 6.22. The third-order valence-corrected chi connectivity index (χ3v) is 5.13. The molecular formula is C16H24Cl4N4O. The number of pyridine rings is 1. The highest BCUT2D eigenvalue weighted by molar-refractivity contribution is 6.36. The van der Waals surface area contributed by atoms with Crippen LogP contribution >= 0.6 is 48.0 Å². The van der Waals surface area contributed by atoms with E-state index in [9.17, 15) is 4.79 Å². The minimum Gasteiger partial charge on any atom is -0.352 e. The third-order valence-electron chi connectivity index (χ3n) is 4.65. The summed E-state index contributed by atoms with van der Waals surface area (Å²) in [5, 5.41) is 4.45. The van der Waals surface area contributed by atoms with Gasteiger partial charge in [0.15, 0.2) is 0 Å². The van der Waals surface area contributed by atoms with E-state index < -0.39 is 0 Å². The fraction of sp³-hybridized carbons (Fsp3) is 0.625. The average molecular weight is 430 g/mol. The summed E-state index contributed by atoms with van der Waals surface area (Å²) in [5.41, 5.74) is 0. The van der Waals surface area contributed by atoms with Gasteiger partial charge in [0.25, 0.3) is 0 Å². The molecule has 5 nitrogen and oxygen atoms in total. The van der Waals surface area contributed by atoms with Crippen molar-refractivity contribution in [3.05, 3.63) is 22.3 Å². The molecule has 9 heteroatoms. The highest BCUT2D eigenvalue weighted by Crippen LogP contribution is 2.27. The van der Waals surface area contributed by atoms with Crippen molar-refractivity contribution in [2.24, 2.45) is 5.92 Å². The van der Waals surface area contributed by atoms with E-state index in [2.05, 4.69) is 15.2 Å². The van der Waals surface area contributed by atoms with E-state index in [-0.39, 0.29) is 30.7 Å². The smallest absolute Gasteiger partial charge is 0.222 e. The molecule has 0 aromatic carbocycles. The van der Waals surface area contributed by atoms with Crippen molar-refractivity contribution < 1.29 is 4.79 Å². The van der Waals surface area contributed by atoms with Crippen LogP contribution in [-0.2, 0) is 4.79 Å². The standard InChI is InChI=1S/C16H22Cl2N4O.2ClH/c17-13-9-14(18)16(20-11-13)22-7-5-21(6-8-22)15(23)2-1-12-3-4-19-10-12;;/h9,11-12,19H,1-8,10H2;2*1H. The maximum atomic E-state index is 12.3. The molecule has 2 fully saturated rings. The topological polar surface area (TPSA) is 48.5 Å². The lowest BCUT2D eigenvalue weighted by molar-refractivity contribution is -0.131. The summed E-state index contributed by atoms with van der Waals surface area (Å²) in [6.07, 6.45) is 4.46. The maximum absolute atomic E-state index is 12.3. The van der Waals surface area contributed by atoms with Crippen LogP contribution in [0, 0.1) is 5.92 Å². The molecule has 3 heterocycles. The number of halogens is 4. The first-order chi connectivity index (χ1) is 11.1. The molecule has 1 atom stereocenters. The molecule has 142 valence electrons. The molecule has 1 amide bonds. The van der Waals surface area contributed by atoms with E-state index in [1.807, 2.05) is 4.90 Å². The van der Waals surface area contributed by atoms with Crippen molar-refractivity contribution in [3.8, 4) is 0 Å². The molecule has 2 aliphatic rings. The molecule has 1 aromatic heterocycles. The zero-order valence-corrected chi connectivity index (χ0v) is 17.1. The fourth-order valence-electron chi connectivity index (χ4n) is 3.25. The number of carbonyl (C=O) groups excluding carboxylic acids is 1. The van der Waals surface area contributed by atoms with Crippen LogP contribution in [0.2, 0.25) is 10.0 Å². The van der Waals surface area contributed by atoms with Gasteiger partial charge in [-0.3, -0.25) is 4.79 Å². The number of anilines is 1. The fourth-order valence-corrected chi connectivity index (χ4v) is 3.75. The van der Waals surface area contributed by atoms with Crippen molar-refractivity contribution >= 4 is 59.7 Å². The van der Waals surface area contributed by atoms with Crippen LogP contribution in [0.15, 0.2) is 12.3 Å². The second kappa shape index (κ2) is 10.6. The summed E-state index contributed by atoms with van der Waals surface area (Å²) < 4.78 is 0. The normalized spacial score (nSPS) is 20.0. The lowest BCUT2D eigenvalue weighted by atomic mass is 10.0. The Morgan fingerprint density at radius 3 is 2.56 bits per heavy atom. The van der Waals surface area contributed by atoms with Gasteiger partial charge in [-0.25, -0.2) is 4.98 Å². The number of hydrogen-bond donors (Lipinski definition) is 1. The predicted octanol–water partition coefficient (Wildman–Crippen LogP) is 3.27. The van der Waals surface area contributed by atoms with Crippen LogP contribution in [0.3, 0.4) is 0 Å². The van der Waals surface area contributed by atoms with Gasteiger partial charge in [-0.15, -0.1) is 24.8 Å². The number of carbonyl (C=O) groups is 1. The summed E-state index contributed by atoms with van der Waals surface area (Å²) in [6.45, 7) is 5.11. The monoisotopic (exact) mass is 428 g/mol.